The molecule has 2 atom stereocenters. The Kier molecular flexibility index (Phi) is 7.78. The Morgan fingerprint density at radius 1 is 1.07 bits per heavy atom. The lowest BCUT2D eigenvalue weighted by atomic mass is 9.88. The number of nitrogens with one attached hydrogen (secondary N) is 2. The molecule has 0 aromatic heterocycles. The lowest BCUT2D eigenvalue weighted by Crippen LogP contribution is -2.59. The van der Waals surface area contributed by atoms with Gasteiger partial charge in [-0.1, -0.05) is 13.8 Å². The smallest absolute Gasteiger partial charge is 0.407 e. The molecule has 28 heavy (non-hydrogen) atoms. The summed E-state index contributed by atoms with van der Waals surface area (Å²) in [6.45, 7) is 12.5. The maximum Gasteiger partial charge on any atom is 0.407 e. The van der Waals surface area contributed by atoms with E-state index in [1.54, 1.807) is 27.7 Å². The van der Waals surface area contributed by atoms with Crippen LogP contribution in [-0.4, -0.2) is 35.8 Å². The van der Waals surface area contributed by atoms with E-state index in [4.69, 9.17) is 9.47 Å². The Labute approximate surface area is 165 Å². The molecule has 1 rings (SSSR count). The van der Waals surface area contributed by atoms with Crippen molar-refractivity contribution in [3.63, 3.8) is 0 Å². The molecule has 0 bridgehead atoms. The molecule has 0 aliphatic rings. The van der Waals surface area contributed by atoms with Gasteiger partial charge >= 0.3 is 6.09 Å². The van der Waals surface area contributed by atoms with E-state index in [9.17, 15) is 18.4 Å². The van der Waals surface area contributed by atoms with E-state index < -0.39 is 40.9 Å². The minimum atomic E-state index is -1.06. The molecule has 0 aliphatic carbocycles. The highest BCUT2D eigenvalue weighted by atomic mass is 19.2. The molecule has 0 saturated heterocycles. The summed E-state index contributed by atoms with van der Waals surface area (Å²) in [7, 11) is 0. The Bertz CT molecular complexity index is 704. The van der Waals surface area contributed by atoms with Gasteiger partial charge in [-0.2, -0.15) is 0 Å². The SMILES string of the molecule is CC(Oc1ccc(F)c(F)c1)C(=O)NC(C)(CNC(=O)OC(C)(C)C)C(C)C. The van der Waals surface area contributed by atoms with Crippen molar-refractivity contribution in [2.75, 3.05) is 6.54 Å². The van der Waals surface area contributed by atoms with E-state index in [1.807, 2.05) is 13.8 Å². The van der Waals surface area contributed by atoms with Gasteiger partial charge in [0.05, 0.1) is 5.54 Å². The van der Waals surface area contributed by atoms with E-state index in [1.165, 1.54) is 13.0 Å². The highest BCUT2D eigenvalue weighted by molar-refractivity contribution is 5.81. The normalized spacial score (nSPS) is 14.8. The van der Waals surface area contributed by atoms with Crippen molar-refractivity contribution in [2.24, 2.45) is 5.92 Å². The maximum atomic E-state index is 13.3. The van der Waals surface area contributed by atoms with Gasteiger partial charge in [0, 0.05) is 12.6 Å². The van der Waals surface area contributed by atoms with Gasteiger partial charge < -0.3 is 20.1 Å². The summed E-state index contributed by atoms with van der Waals surface area (Å²) in [6.07, 6.45) is -1.54. The zero-order valence-corrected chi connectivity index (χ0v) is 17.5. The highest BCUT2D eigenvalue weighted by Crippen LogP contribution is 2.19. The van der Waals surface area contributed by atoms with Crippen LogP contribution >= 0.6 is 0 Å². The zero-order valence-electron chi connectivity index (χ0n) is 17.5. The van der Waals surface area contributed by atoms with Gasteiger partial charge in [-0.15, -0.1) is 0 Å². The molecule has 0 fully saturated rings. The first-order chi connectivity index (χ1) is 12.7. The molecule has 1 aromatic carbocycles. The van der Waals surface area contributed by atoms with Gasteiger partial charge in [-0.05, 0) is 52.7 Å². The van der Waals surface area contributed by atoms with E-state index in [-0.39, 0.29) is 18.2 Å². The minimum Gasteiger partial charge on any atom is -0.481 e. The fraction of sp³-hybridized carbons (Fsp3) is 0.600. The molecule has 1 aromatic rings. The largest absolute Gasteiger partial charge is 0.481 e. The molecule has 0 aliphatic heterocycles. The second-order valence-corrected chi connectivity index (χ2v) is 8.25. The third kappa shape index (κ3) is 7.32. The van der Waals surface area contributed by atoms with Crippen molar-refractivity contribution >= 4 is 12.0 Å². The molecule has 0 radical (unpaired) electrons. The first-order valence-corrected chi connectivity index (χ1v) is 9.14. The van der Waals surface area contributed by atoms with Crippen LogP contribution in [0.4, 0.5) is 13.6 Å². The fourth-order valence-electron chi connectivity index (χ4n) is 2.15. The number of hydrogen-bond donors (Lipinski definition) is 2. The van der Waals surface area contributed by atoms with E-state index >= 15 is 0 Å². The molecule has 2 N–H and O–H groups in total. The van der Waals surface area contributed by atoms with Crippen molar-refractivity contribution in [1.29, 1.82) is 0 Å². The number of ether oxygens (including phenoxy) is 2. The topological polar surface area (TPSA) is 76.7 Å². The summed E-state index contributed by atoms with van der Waals surface area (Å²) in [5.74, 6) is -2.49. The molecule has 0 saturated carbocycles. The Morgan fingerprint density at radius 2 is 1.68 bits per heavy atom. The monoisotopic (exact) mass is 400 g/mol. The fourth-order valence-corrected chi connectivity index (χ4v) is 2.15. The predicted molar refractivity (Wildman–Crippen MR) is 102 cm³/mol. The summed E-state index contributed by atoms with van der Waals surface area (Å²) in [5.41, 5.74) is -1.41. The van der Waals surface area contributed by atoms with Crippen molar-refractivity contribution in [1.82, 2.24) is 10.6 Å². The van der Waals surface area contributed by atoms with Crippen molar-refractivity contribution in [3.05, 3.63) is 29.8 Å². The van der Waals surface area contributed by atoms with Gasteiger partial charge in [0.1, 0.15) is 11.4 Å². The minimum absolute atomic E-state index is 0.0261. The summed E-state index contributed by atoms with van der Waals surface area (Å²) in [6, 6.07) is 3.05. The van der Waals surface area contributed by atoms with Crippen LogP contribution in [0.5, 0.6) is 5.75 Å². The van der Waals surface area contributed by atoms with Crippen LogP contribution in [0.2, 0.25) is 0 Å². The average molecular weight is 400 g/mol. The van der Waals surface area contributed by atoms with E-state index in [0.29, 0.717) is 0 Å². The first kappa shape index (κ1) is 23.7. The van der Waals surface area contributed by atoms with Crippen LogP contribution in [0.25, 0.3) is 0 Å². The molecule has 2 unspecified atom stereocenters. The number of amides is 2. The second kappa shape index (κ2) is 9.21. The third-order valence-corrected chi connectivity index (χ3v) is 4.26. The number of benzene rings is 1. The number of rotatable bonds is 7. The molecular formula is C20H30F2N2O4. The molecule has 2 amide bonds. The Morgan fingerprint density at radius 3 is 2.18 bits per heavy atom. The van der Waals surface area contributed by atoms with E-state index in [2.05, 4.69) is 10.6 Å². The highest BCUT2D eigenvalue weighted by Gasteiger charge is 2.33. The second-order valence-electron chi connectivity index (χ2n) is 8.25. The summed E-state index contributed by atoms with van der Waals surface area (Å²) < 4.78 is 36.9. The first-order valence-electron chi connectivity index (χ1n) is 9.14. The third-order valence-electron chi connectivity index (χ3n) is 4.26. The van der Waals surface area contributed by atoms with Crippen LogP contribution in [0, 0.1) is 17.6 Å². The van der Waals surface area contributed by atoms with Crippen LogP contribution < -0.4 is 15.4 Å². The lowest BCUT2D eigenvalue weighted by molar-refractivity contribution is -0.129. The molecule has 8 heteroatoms. The number of carbonyl (C=O) groups excluding carboxylic acids is 2. The van der Waals surface area contributed by atoms with Gasteiger partial charge in [0.2, 0.25) is 0 Å². The van der Waals surface area contributed by atoms with Crippen LogP contribution in [0.1, 0.15) is 48.5 Å². The van der Waals surface area contributed by atoms with Gasteiger partial charge in [0.25, 0.3) is 5.91 Å². The van der Waals surface area contributed by atoms with E-state index in [0.717, 1.165) is 12.1 Å². The van der Waals surface area contributed by atoms with Gasteiger partial charge in [-0.3, -0.25) is 4.79 Å². The lowest BCUT2D eigenvalue weighted by Gasteiger charge is -2.36. The summed E-state index contributed by atoms with van der Waals surface area (Å²) in [5, 5.41) is 5.52. The van der Waals surface area contributed by atoms with Crippen LogP contribution in [0.3, 0.4) is 0 Å². The number of halogens is 2. The van der Waals surface area contributed by atoms with Crippen LogP contribution in [0.15, 0.2) is 18.2 Å². The predicted octanol–water partition coefficient (Wildman–Crippen LogP) is 3.79. The van der Waals surface area contributed by atoms with Gasteiger partial charge in [-0.25, -0.2) is 13.6 Å². The molecule has 6 nitrogen and oxygen atoms in total. The van der Waals surface area contributed by atoms with Crippen LogP contribution in [-0.2, 0) is 9.53 Å². The molecular weight excluding hydrogens is 370 g/mol. The van der Waals surface area contributed by atoms with Crippen molar-refractivity contribution < 1.29 is 27.8 Å². The quantitative estimate of drug-likeness (QED) is 0.730. The summed E-state index contributed by atoms with van der Waals surface area (Å²) >= 11 is 0. The molecule has 0 heterocycles. The molecule has 0 spiro atoms. The maximum absolute atomic E-state index is 13.3. The number of carbonyl (C=O) groups is 2. The summed E-state index contributed by atoms with van der Waals surface area (Å²) in [4.78, 5) is 24.5. The number of alkyl carbamates (subject to hydrolysis) is 1. The number of hydrogen-bond acceptors (Lipinski definition) is 4. The Balaban J connectivity index is 2.73. The Hall–Kier alpha value is -2.38. The standard InChI is InChI=1S/C20H30F2N2O4/c1-12(2)20(7,11-23-18(26)28-19(4,5)6)24-17(25)13(3)27-14-8-9-15(21)16(22)10-14/h8-10,12-13H,11H2,1-7H3,(H,23,26)(H,24,25). The average Bonchev–Trinajstić information content (AvgIpc) is 2.54. The molecule has 158 valence electrons. The zero-order chi connectivity index (χ0) is 21.7. The van der Waals surface area contributed by atoms with Crippen molar-refractivity contribution in [2.45, 2.75) is 65.7 Å². The van der Waals surface area contributed by atoms with Crippen molar-refractivity contribution in [3.8, 4) is 5.75 Å². The van der Waals surface area contributed by atoms with Gasteiger partial charge in [0.15, 0.2) is 17.7 Å².